The summed E-state index contributed by atoms with van der Waals surface area (Å²) in [5.41, 5.74) is 5.59. The van der Waals surface area contributed by atoms with Crippen LogP contribution < -0.4 is 4.74 Å². The summed E-state index contributed by atoms with van der Waals surface area (Å²) >= 11 is 0. The largest absolute Gasteiger partial charge is 0.496 e. The van der Waals surface area contributed by atoms with Gasteiger partial charge in [-0.15, -0.1) is 0 Å². The van der Waals surface area contributed by atoms with Crippen LogP contribution in [0, 0.1) is 20.8 Å². The van der Waals surface area contributed by atoms with Gasteiger partial charge in [0.05, 0.1) is 24.7 Å². The Bertz CT molecular complexity index is 1440. The van der Waals surface area contributed by atoms with Gasteiger partial charge in [-0.2, -0.15) is 4.31 Å². The number of benzene rings is 1. The van der Waals surface area contributed by atoms with Gasteiger partial charge in [-0.1, -0.05) is 18.2 Å². The van der Waals surface area contributed by atoms with Gasteiger partial charge in [-0.25, -0.2) is 8.42 Å². The lowest BCUT2D eigenvalue weighted by molar-refractivity contribution is -0.139. The maximum absolute atomic E-state index is 13.5. The van der Waals surface area contributed by atoms with Crippen LogP contribution in [-0.4, -0.2) is 87.6 Å². The molecule has 1 aromatic heterocycles. The van der Waals surface area contributed by atoms with Gasteiger partial charge in [0.2, 0.25) is 15.9 Å². The lowest BCUT2D eigenvalue weighted by atomic mass is 9.95. The normalized spacial score (nSPS) is 17.2. The highest BCUT2D eigenvalue weighted by Gasteiger charge is 2.34. The average molecular weight is 585 g/mol. The first-order valence-electron chi connectivity index (χ1n) is 14.1. The summed E-state index contributed by atoms with van der Waals surface area (Å²) in [7, 11) is 3.49. The Kier molecular flexibility index (Phi) is 9.79. The highest BCUT2D eigenvalue weighted by Crippen LogP contribution is 2.36. The number of rotatable bonds is 11. The van der Waals surface area contributed by atoms with Crippen molar-refractivity contribution in [2.75, 3.05) is 54.6 Å². The lowest BCUT2D eigenvalue weighted by Gasteiger charge is -2.39. The highest BCUT2D eigenvalue weighted by molar-refractivity contribution is 7.89. The molecule has 2 heterocycles. The molecule has 9 nitrogen and oxygen atoms in total. The van der Waals surface area contributed by atoms with Crippen molar-refractivity contribution in [3.63, 3.8) is 0 Å². The Morgan fingerprint density at radius 2 is 1.83 bits per heavy atom. The predicted octanol–water partition coefficient (Wildman–Crippen LogP) is 3.98. The molecular weight excluding hydrogens is 540 g/mol. The number of aryl methyl sites for hydroxylation is 1. The number of methoxy groups -OCH3 is 1. The number of aromatic nitrogens is 1. The quantitative estimate of drug-likeness (QED) is 0.372. The molecule has 0 fully saturated rings. The third-order valence-corrected chi connectivity index (χ3v) is 10.2. The first-order chi connectivity index (χ1) is 19.5. The molecule has 1 unspecified atom stereocenters. The third-order valence-electron chi connectivity index (χ3n) is 8.04. The second-order valence-electron chi connectivity index (χ2n) is 11.2. The van der Waals surface area contributed by atoms with E-state index in [1.807, 2.05) is 11.8 Å². The van der Waals surface area contributed by atoms with Crippen LogP contribution in [-0.2, 0) is 32.6 Å². The molecule has 2 aromatic rings. The minimum Gasteiger partial charge on any atom is -0.496 e. The standard InChI is InChI=1S/C31H44N4O5S/c1-22-19-28(39-7)23(2)24(3)31(22)41(37,38)33(6)17-18-40-21-29(36)35-16-15-34-26(20-32(4)5)13-14-27(34)30(35)25-11-9-8-10-12-25/h9,11-14,19,30H,8,10,15-18,20-21H2,1-7H3. The Labute approximate surface area is 245 Å². The molecule has 1 amide bonds. The topological polar surface area (TPSA) is 84.3 Å². The van der Waals surface area contributed by atoms with Gasteiger partial charge in [0.15, 0.2) is 0 Å². The molecule has 0 N–H and O–H groups in total. The van der Waals surface area contributed by atoms with E-state index in [1.165, 1.54) is 10.00 Å². The zero-order chi connectivity index (χ0) is 29.9. The molecule has 0 spiro atoms. The van der Waals surface area contributed by atoms with E-state index in [1.54, 1.807) is 34.1 Å². The zero-order valence-electron chi connectivity index (χ0n) is 25.4. The number of amides is 1. The lowest BCUT2D eigenvalue weighted by Crippen LogP contribution is -2.45. The molecule has 0 bridgehead atoms. The number of sulfonamides is 1. The SMILES string of the molecule is COc1cc(C)c(S(=O)(=O)N(C)CCOCC(=O)N2CCn3c(CN(C)C)ccc3C2C2=CCCC=C2)c(C)c1C. The molecule has 41 heavy (non-hydrogen) atoms. The molecule has 1 atom stereocenters. The molecule has 0 saturated heterocycles. The van der Waals surface area contributed by atoms with Crippen molar-refractivity contribution in [3.8, 4) is 5.75 Å². The fraction of sp³-hybridized carbons (Fsp3) is 0.516. The molecule has 224 valence electrons. The molecule has 1 aliphatic heterocycles. The number of carbonyl (C=O) groups excluding carboxylic acids is 1. The van der Waals surface area contributed by atoms with Crippen LogP contribution in [0.25, 0.3) is 0 Å². The summed E-state index contributed by atoms with van der Waals surface area (Å²) in [6.07, 6.45) is 8.49. The monoisotopic (exact) mass is 584 g/mol. The minimum atomic E-state index is -3.75. The number of fused-ring (bicyclic) bond motifs is 1. The second kappa shape index (κ2) is 12.9. The smallest absolute Gasteiger partial charge is 0.249 e. The average Bonchev–Trinajstić information content (AvgIpc) is 3.34. The van der Waals surface area contributed by atoms with E-state index in [-0.39, 0.29) is 36.6 Å². The fourth-order valence-electron chi connectivity index (χ4n) is 5.79. The molecule has 0 saturated carbocycles. The van der Waals surface area contributed by atoms with Crippen molar-refractivity contribution in [2.45, 2.75) is 57.6 Å². The van der Waals surface area contributed by atoms with Gasteiger partial charge in [-0.3, -0.25) is 4.79 Å². The van der Waals surface area contributed by atoms with Crippen molar-refractivity contribution < 1.29 is 22.7 Å². The number of likely N-dealkylation sites (N-methyl/N-ethyl adjacent to an activating group) is 1. The molecule has 4 rings (SSSR count). The minimum absolute atomic E-state index is 0.0977. The van der Waals surface area contributed by atoms with Crippen molar-refractivity contribution in [1.29, 1.82) is 0 Å². The number of allylic oxidation sites excluding steroid dienone is 2. The van der Waals surface area contributed by atoms with Gasteiger partial charge in [0.1, 0.15) is 12.4 Å². The first-order valence-corrected chi connectivity index (χ1v) is 15.6. The number of hydrogen-bond donors (Lipinski definition) is 0. The molecule has 1 aromatic carbocycles. The van der Waals surface area contributed by atoms with Crippen molar-refractivity contribution in [1.82, 2.24) is 18.7 Å². The summed E-state index contributed by atoms with van der Waals surface area (Å²) < 4.78 is 41.7. The van der Waals surface area contributed by atoms with Crippen molar-refractivity contribution >= 4 is 15.9 Å². The van der Waals surface area contributed by atoms with E-state index in [9.17, 15) is 13.2 Å². The fourth-order valence-corrected chi connectivity index (χ4v) is 7.43. The van der Waals surface area contributed by atoms with Crippen LogP contribution in [0.1, 0.15) is 47.0 Å². The van der Waals surface area contributed by atoms with E-state index >= 15 is 0 Å². The van der Waals surface area contributed by atoms with Gasteiger partial charge < -0.3 is 23.8 Å². The van der Waals surface area contributed by atoms with E-state index in [4.69, 9.17) is 9.47 Å². The number of ether oxygens (including phenoxy) is 2. The summed E-state index contributed by atoms with van der Waals surface area (Å²) in [6.45, 7) is 7.72. The Hall–Kier alpha value is -2.92. The molecule has 0 radical (unpaired) electrons. The summed E-state index contributed by atoms with van der Waals surface area (Å²) in [4.78, 5) is 17.8. The predicted molar refractivity (Wildman–Crippen MR) is 161 cm³/mol. The van der Waals surface area contributed by atoms with E-state index in [0.29, 0.717) is 23.4 Å². The van der Waals surface area contributed by atoms with Crippen LogP contribution in [0.5, 0.6) is 5.75 Å². The highest BCUT2D eigenvalue weighted by atomic mass is 32.2. The summed E-state index contributed by atoms with van der Waals surface area (Å²) in [5, 5.41) is 0. The second-order valence-corrected chi connectivity index (χ2v) is 13.1. The van der Waals surface area contributed by atoms with Gasteiger partial charge >= 0.3 is 0 Å². The molecular formula is C31H44N4O5S. The van der Waals surface area contributed by atoms with Crippen LogP contribution in [0.3, 0.4) is 0 Å². The van der Waals surface area contributed by atoms with E-state index in [0.717, 1.165) is 42.8 Å². The van der Waals surface area contributed by atoms with Gasteiger partial charge in [-0.05, 0) is 88.2 Å². The Morgan fingerprint density at radius 1 is 1.07 bits per heavy atom. The van der Waals surface area contributed by atoms with E-state index < -0.39 is 10.0 Å². The molecule has 2 aliphatic rings. The number of carbonyl (C=O) groups is 1. The van der Waals surface area contributed by atoms with Crippen molar-refractivity contribution in [3.05, 3.63) is 70.1 Å². The first kappa shape index (κ1) is 31.0. The van der Waals surface area contributed by atoms with Gasteiger partial charge in [0.25, 0.3) is 0 Å². The van der Waals surface area contributed by atoms with Crippen LogP contribution >= 0.6 is 0 Å². The van der Waals surface area contributed by atoms with Crippen LogP contribution in [0.2, 0.25) is 0 Å². The van der Waals surface area contributed by atoms with Gasteiger partial charge in [0, 0.05) is 44.6 Å². The van der Waals surface area contributed by atoms with E-state index in [2.05, 4.69) is 53.9 Å². The Balaban J connectivity index is 1.42. The maximum Gasteiger partial charge on any atom is 0.249 e. The Morgan fingerprint density at radius 3 is 2.49 bits per heavy atom. The van der Waals surface area contributed by atoms with Crippen LogP contribution in [0.4, 0.5) is 0 Å². The summed E-state index contributed by atoms with van der Waals surface area (Å²) in [5.74, 6) is 0.569. The number of hydrogen-bond acceptors (Lipinski definition) is 6. The zero-order valence-corrected chi connectivity index (χ0v) is 26.3. The van der Waals surface area contributed by atoms with Crippen molar-refractivity contribution in [2.24, 2.45) is 0 Å². The van der Waals surface area contributed by atoms with Crippen LogP contribution in [0.15, 0.2) is 46.9 Å². The summed E-state index contributed by atoms with van der Waals surface area (Å²) in [6, 6.07) is 5.88. The molecule has 10 heteroatoms. The maximum atomic E-state index is 13.5. The number of nitrogens with zero attached hydrogens (tertiary/aromatic N) is 4. The molecule has 1 aliphatic carbocycles. The third kappa shape index (κ3) is 6.45.